The van der Waals surface area contributed by atoms with E-state index < -0.39 is 0 Å². The molecule has 0 saturated heterocycles. The molecule has 0 unspecified atom stereocenters. The summed E-state index contributed by atoms with van der Waals surface area (Å²) < 4.78 is 0.762. The van der Waals surface area contributed by atoms with E-state index in [1.54, 1.807) is 23.6 Å². The summed E-state index contributed by atoms with van der Waals surface area (Å²) in [5.41, 5.74) is 3.97. The highest BCUT2D eigenvalue weighted by Crippen LogP contribution is 2.29. The Hall–Kier alpha value is -2.83. The van der Waals surface area contributed by atoms with Crippen molar-refractivity contribution in [2.45, 2.75) is 0 Å². The fraction of sp³-hybridized carbons (Fsp3) is 0. The van der Waals surface area contributed by atoms with Crippen molar-refractivity contribution >= 4 is 38.9 Å². The van der Waals surface area contributed by atoms with Gasteiger partial charge in [-0.2, -0.15) is 0 Å². The number of carbonyl (C=O) groups is 1. The van der Waals surface area contributed by atoms with Crippen LogP contribution in [0.15, 0.2) is 82.8 Å². The van der Waals surface area contributed by atoms with Crippen molar-refractivity contribution in [1.82, 2.24) is 9.97 Å². The minimum Gasteiger partial charge on any atom is -0.322 e. The van der Waals surface area contributed by atoms with Gasteiger partial charge in [0.15, 0.2) is 0 Å². The van der Waals surface area contributed by atoms with E-state index in [1.807, 2.05) is 66.0 Å². The van der Waals surface area contributed by atoms with Gasteiger partial charge in [-0.1, -0.05) is 30.3 Å². The predicted molar refractivity (Wildman–Crippen MR) is 113 cm³/mol. The van der Waals surface area contributed by atoms with Gasteiger partial charge in [0.25, 0.3) is 5.91 Å². The van der Waals surface area contributed by atoms with Crippen LogP contribution >= 0.6 is 27.3 Å². The van der Waals surface area contributed by atoms with E-state index in [2.05, 4.69) is 31.2 Å². The third-order valence-electron chi connectivity index (χ3n) is 3.92. The molecule has 6 heteroatoms. The van der Waals surface area contributed by atoms with E-state index in [9.17, 15) is 4.79 Å². The molecule has 0 saturated carbocycles. The number of aromatic nitrogens is 2. The van der Waals surface area contributed by atoms with Gasteiger partial charge in [0.05, 0.1) is 17.0 Å². The maximum Gasteiger partial charge on any atom is 0.256 e. The van der Waals surface area contributed by atoms with Crippen LogP contribution < -0.4 is 5.32 Å². The Morgan fingerprint density at radius 2 is 1.81 bits per heavy atom. The first-order chi connectivity index (χ1) is 13.2. The molecule has 2 aromatic heterocycles. The van der Waals surface area contributed by atoms with Crippen LogP contribution in [0.4, 0.5) is 5.69 Å². The fourth-order valence-electron chi connectivity index (χ4n) is 2.61. The topological polar surface area (TPSA) is 54.9 Å². The van der Waals surface area contributed by atoms with Crippen LogP contribution in [0.25, 0.3) is 22.0 Å². The average Bonchev–Trinajstić information content (AvgIpc) is 3.19. The van der Waals surface area contributed by atoms with E-state index in [0.717, 1.165) is 32.1 Å². The van der Waals surface area contributed by atoms with Gasteiger partial charge in [-0.3, -0.25) is 9.78 Å². The number of carbonyl (C=O) groups excluding carboxylic acids is 1. The van der Waals surface area contributed by atoms with Gasteiger partial charge in [-0.05, 0) is 52.3 Å². The zero-order valence-electron chi connectivity index (χ0n) is 14.1. The van der Waals surface area contributed by atoms with Crippen LogP contribution in [0, 0.1) is 0 Å². The van der Waals surface area contributed by atoms with E-state index in [1.165, 1.54) is 0 Å². The third-order valence-corrected chi connectivity index (χ3v) is 5.48. The van der Waals surface area contributed by atoms with Crippen LogP contribution in [0.3, 0.4) is 0 Å². The molecule has 1 amide bonds. The zero-order chi connectivity index (χ0) is 18.6. The molecule has 2 heterocycles. The molecule has 4 nitrogen and oxygen atoms in total. The second kappa shape index (κ2) is 7.82. The van der Waals surface area contributed by atoms with Gasteiger partial charge in [0, 0.05) is 27.3 Å². The van der Waals surface area contributed by atoms with E-state index in [0.29, 0.717) is 5.56 Å². The van der Waals surface area contributed by atoms with Crippen LogP contribution in [-0.2, 0) is 0 Å². The number of rotatable bonds is 4. The molecule has 0 atom stereocenters. The standard InChI is InChI=1S/C21H14BrN3OS/c22-17-9-2-1-8-16(17)20(26)24-15-7-5-6-14(12-15)19-13-27-21(25-19)18-10-3-4-11-23-18/h1-13H,(H,24,26). The highest BCUT2D eigenvalue weighted by atomic mass is 79.9. The monoisotopic (exact) mass is 435 g/mol. The van der Waals surface area contributed by atoms with Crippen molar-refractivity contribution in [3.63, 3.8) is 0 Å². The molecule has 0 spiro atoms. The maximum atomic E-state index is 12.5. The van der Waals surface area contributed by atoms with E-state index in [-0.39, 0.29) is 5.91 Å². The number of benzene rings is 2. The number of hydrogen-bond donors (Lipinski definition) is 1. The summed E-state index contributed by atoms with van der Waals surface area (Å²) in [5.74, 6) is -0.160. The minimum atomic E-state index is -0.160. The van der Waals surface area contributed by atoms with Gasteiger partial charge < -0.3 is 5.32 Å². The number of nitrogens with zero attached hydrogens (tertiary/aromatic N) is 2. The Labute approximate surface area is 169 Å². The first-order valence-corrected chi connectivity index (χ1v) is 9.91. The largest absolute Gasteiger partial charge is 0.322 e. The lowest BCUT2D eigenvalue weighted by Gasteiger charge is -2.08. The summed E-state index contributed by atoms with van der Waals surface area (Å²) in [6, 6.07) is 20.8. The van der Waals surface area contributed by atoms with Gasteiger partial charge >= 0.3 is 0 Å². The molecule has 4 rings (SSSR count). The molecule has 0 radical (unpaired) electrons. The van der Waals surface area contributed by atoms with Gasteiger partial charge in [-0.15, -0.1) is 11.3 Å². The molecule has 0 aliphatic carbocycles. The molecular formula is C21H14BrN3OS. The van der Waals surface area contributed by atoms with Crippen molar-refractivity contribution in [2.24, 2.45) is 0 Å². The molecule has 0 bridgehead atoms. The number of hydrogen-bond acceptors (Lipinski definition) is 4. The zero-order valence-corrected chi connectivity index (χ0v) is 16.5. The summed E-state index contributed by atoms with van der Waals surface area (Å²) in [6.45, 7) is 0. The third kappa shape index (κ3) is 3.97. The fourth-order valence-corrected chi connectivity index (χ4v) is 3.88. The van der Waals surface area contributed by atoms with E-state index >= 15 is 0 Å². The first-order valence-electron chi connectivity index (χ1n) is 8.24. The Kier molecular flexibility index (Phi) is 5.09. The number of halogens is 1. The molecule has 2 aromatic carbocycles. The number of amides is 1. The Balaban J connectivity index is 1.57. The Bertz CT molecular complexity index is 1100. The number of anilines is 1. The summed E-state index contributed by atoms with van der Waals surface area (Å²) in [7, 11) is 0. The lowest BCUT2D eigenvalue weighted by molar-refractivity contribution is 0.102. The number of nitrogens with one attached hydrogen (secondary N) is 1. The molecular weight excluding hydrogens is 422 g/mol. The quantitative estimate of drug-likeness (QED) is 0.434. The summed E-state index contributed by atoms with van der Waals surface area (Å²) in [5, 5.41) is 5.81. The molecule has 1 N–H and O–H groups in total. The Morgan fingerprint density at radius 1 is 0.963 bits per heavy atom. The number of thiazole rings is 1. The summed E-state index contributed by atoms with van der Waals surface area (Å²) in [4.78, 5) is 21.5. The number of pyridine rings is 1. The normalized spacial score (nSPS) is 10.6. The maximum absolute atomic E-state index is 12.5. The minimum absolute atomic E-state index is 0.160. The van der Waals surface area contributed by atoms with Crippen LogP contribution in [0.5, 0.6) is 0 Å². The summed E-state index contributed by atoms with van der Waals surface area (Å²) in [6.07, 6.45) is 1.76. The van der Waals surface area contributed by atoms with Crippen molar-refractivity contribution in [3.05, 3.63) is 88.3 Å². The summed E-state index contributed by atoms with van der Waals surface area (Å²) >= 11 is 4.96. The molecule has 0 aliphatic rings. The molecule has 4 aromatic rings. The molecule has 0 aliphatic heterocycles. The average molecular weight is 436 g/mol. The predicted octanol–water partition coefficient (Wildman–Crippen LogP) is 5.89. The lowest BCUT2D eigenvalue weighted by atomic mass is 10.1. The smallest absolute Gasteiger partial charge is 0.256 e. The second-order valence-electron chi connectivity index (χ2n) is 5.77. The van der Waals surface area contributed by atoms with Crippen molar-refractivity contribution in [2.75, 3.05) is 5.32 Å². The second-order valence-corrected chi connectivity index (χ2v) is 7.48. The SMILES string of the molecule is O=C(Nc1cccc(-c2csc(-c3ccccn3)n2)c1)c1ccccc1Br. The van der Waals surface area contributed by atoms with Gasteiger partial charge in [0.2, 0.25) is 0 Å². The van der Waals surface area contributed by atoms with E-state index in [4.69, 9.17) is 0 Å². The Morgan fingerprint density at radius 3 is 2.63 bits per heavy atom. The molecule has 132 valence electrons. The van der Waals surface area contributed by atoms with Crippen molar-refractivity contribution in [1.29, 1.82) is 0 Å². The lowest BCUT2D eigenvalue weighted by Crippen LogP contribution is -2.12. The van der Waals surface area contributed by atoms with Crippen molar-refractivity contribution < 1.29 is 4.79 Å². The van der Waals surface area contributed by atoms with Gasteiger partial charge in [-0.25, -0.2) is 4.98 Å². The van der Waals surface area contributed by atoms with Crippen LogP contribution in [0.1, 0.15) is 10.4 Å². The van der Waals surface area contributed by atoms with Crippen LogP contribution in [-0.4, -0.2) is 15.9 Å². The van der Waals surface area contributed by atoms with Crippen molar-refractivity contribution in [3.8, 4) is 22.0 Å². The molecule has 27 heavy (non-hydrogen) atoms. The highest BCUT2D eigenvalue weighted by Gasteiger charge is 2.11. The van der Waals surface area contributed by atoms with Crippen LogP contribution in [0.2, 0.25) is 0 Å². The molecule has 0 fully saturated rings. The highest BCUT2D eigenvalue weighted by molar-refractivity contribution is 9.10. The first kappa shape index (κ1) is 17.6. The van der Waals surface area contributed by atoms with Gasteiger partial charge in [0.1, 0.15) is 5.01 Å².